The van der Waals surface area contributed by atoms with E-state index in [1.165, 1.54) is 30.4 Å². The molecule has 1 unspecified atom stereocenters. The number of alkyl halides is 1. The summed E-state index contributed by atoms with van der Waals surface area (Å²) in [4.78, 5) is 24.8. The van der Waals surface area contributed by atoms with E-state index in [4.69, 9.17) is 36.3 Å². The smallest absolute Gasteiger partial charge is 0.300 e. The molecule has 0 saturated heterocycles. The van der Waals surface area contributed by atoms with Gasteiger partial charge in [-0.05, 0) is 42.5 Å². The van der Waals surface area contributed by atoms with Crippen molar-refractivity contribution in [1.82, 2.24) is 10.3 Å². The molecule has 224 valence electrons. The molecule has 0 fully saturated rings. The van der Waals surface area contributed by atoms with Crippen molar-refractivity contribution in [3.8, 4) is 11.5 Å². The molecule has 0 saturated carbocycles. The van der Waals surface area contributed by atoms with Crippen LogP contribution in [0.3, 0.4) is 0 Å². The lowest BCUT2D eigenvalue weighted by molar-refractivity contribution is -0.134. The lowest BCUT2D eigenvalue weighted by Gasteiger charge is -2.25. The monoisotopic (exact) mass is 586 g/mol. The van der Waals surface area contributed by atoms with Gasteiger partial charge in [-0.25, -0.2) is 18.8 Å². The van der Waals surface area contributed by atoms with Gasteiger partial charge in [0.25, 0.3) is 5.97 Å². The number of halogens is 2. The molecule has 1 atom stereocenters. The van der Waals surface area contributed by atoms with Crippen LogP contribution in [0.2, 0.25) is 0 Å². The number of aromatic nitrogens is 1. The van der Waals surface area contributed by atoms with Gasteiger partial charge in [0.1, 0.15) is 30.9 Å². The van der Waals surface area contributed by atoms with Crippen molar-refractivity contribution >= 4 is 41.2 Å². The minimum absolute atomic E-state index is 0.0238. The summed E-state index contributed by atoms with van der Waals surface area (Å²) in [6.45, 7) is -0.116. The Morgan fingerprint density at radius 2 is 1.95 bits per heavy atom. The first-order chi connectivity index (χ1) is 20.0. The Morgan fingerprint density at radius 3 is 2.50 bits per heavy atom. The fraction of sp³-hybridized carbons (Fsp3) is 0.222. The van der Waals surface area contributed by atoms with Crippen LogP contribution in [0.4, 0.5) is 26.0 Å². The normalized spacial score (nSPS) is 11.3. The van der Waals surface area contributed by atoms with Crippen LogP contribution in [0.15, 0.2) is 59.8 Å². The number of pyridine rings is 1. The van der Waals surface area contributed by atoms with Gasteiger partial charge in [-0.2, -0.15) is 5.10 Å². The van der Waals surface area contributed by atoms with E-state index < -0.39 is 24.5 Å². The zero-order chi connectivity index (χ0) is 31.2. The highest BCUT2D eigenvalue weighted by Crippen LogP contribution is 2.34. The van der Waals surface area contributed by atoms with Crippen LogP contribution >= 0.6 is 0 Å². The Hall–Kier alpha value is -5.47. The van der Waals surface area contributed by atoms with Gasteiger partial charge in [0, 0.05) is 43.0 Å². The third-order valence-electron chi connectivity index (χ3n) is 5.29. The summed E-state index contributed by atoms with van der Waals surface area (Å²) < 4.78 is 39.1. The van der Waals surface area contributed by atoms with Crippen molar-refractivity contribution in [2.75, 3.05) is 43.5 Å². The predicted octanol–water partition coefficient (Wildman–Crippen LogP) is 2.88. The number of nitrogens with zero attached hydrogens (tertiary/aromatic N) is 3. The second-order valence-corrected chi connectivity index (χ2v) is 8.34. The number of aliphatic carboxylic acids is 1. The van der Waals surface area contributed by atoms with Gasteiger partial charge in [-0.1, -0.05) is 0 Å². The number of carboxylic acid groups (broad SMARTS) is 1. The Labute approximate surface area is 240 Å². The predicted molar refractivity (Wildman–Crippen MR) is 155 cm³/mol. The minimum atomic E-state index is -1.13. The third-order valence-corrected chi connectivity index (χ3v) is 5.29. The summed E-state index contributed by atoms with van der Waals surface area (Å²) in [5, 5.41) is 26.4. The fourth-order valence-corrected chi connectivity index (χ4v) is 3.50. The maximum absolute atomic E-state index is 15.8. The molecule has 0 aliphatic heterocycles. The molecule has 3 rings (SSSR count). The van der Waals surface area contributed by atoms with Gasteiger partial charge in [-0.15, -0.1) is 0 Å². The number of hydrazone groups is 1. The van der Waals surface area contributed by atoms with Crippen molar-refractivity contribution in [2.24, 2.45) is 10.8 Å². The van der Waals surface area contributed by atoms with Crippen LogP contribution in [0.25, 0.3) is 0 Å². The highest BCUT2D eigenvalue weighted by molar-refractivity contribution is 5.98. The summed E-state index contributed by atoms with van der Waals surface area (Å²) >= 11 is 0. The molecule has 2 aromatic carbocycles. The molecule has 42 heavy (non-hydrogen) atoms. The van der Waals surface area contributed by atoms with Crippen LogP contribution in [-0.4, -0.2) is 61.6 Å². The van der Waals surface area contributed by atoms with Crippen LogP contribution in [0.1, 0.15) is 24.1 Å². The first kappa shape index (κ1) is 32.7. The van der Waals surface area contributed by atoms with Gasteiger partial charge in [-0.3, -0.25) is 15.0 Å². The molecule has 0 aliphatic rings. The number of carbonyl (C=O) groups excluding carboxylic acids is 1. The quantitative estimate of drug-likeness (QED) is 0.0793. The molecule has 0 spiro atoms. The molecule has 0 radical (unpaired) electrons. The molecule has 1 aromatic heterocycles. The third kappa shape index (κ3) is 9.32. The molecule has 8 N–H and O–H groups in total. The van der Waals surface area contributed by atoms with Crippen molar-refractivity contribution in [3.63, 3.8) is 0 Å². The Morgan fingerprint density at radius 1 is 1.29 bits per heavy atom. The number of nitrogens with two attached hydrogens (primary N) is 2. The highest BCUT2D eigenvalue weighted by atomic mass is 19.1. The zero-order valence-corrected chi connectivity index (χ0v) is 23.1. The Kier molecular flexibility index (Phi) is 12.4. The largest absolute Gasteiger partial charge is 0.497 e. The first-order valence-corrected chi connectivity index (χ1v) is 12.2. The summed E-state index contributed by atoms with van der Waals surface area (Å²) in [6, 6.07) is 11.3. The number of nitrogens with one attached hydrogen (secondary N) is 3. The molecule has 0 aliphatic carbocycles. The maximum Gasteiger partial charge on any atom is 0.300 e. The molecular weight excluding hydrogens is 554 g/mol. The number of rotatable bonds is 12. The lowest BCUT2D eigenvalue weighted by Crippen LogP contribution is -2.36. The second-order valence-electron chi connectivity index (χ2n) is 8.34. The number of anilines is 3. The van der Waals surface area contributed by atoms with E-state index in [0.29, 0.717) is 29.2 Å². The topological polar surface area (TPSA) is 201 Å². The van der Waals surface area contributed by atoms with Crippen molar-refractivity contribution in [2.45, 2.75) is 13.0 Å². The Bertz CT molecular complexity index is 1400. The number of methoxy groups -OCH3 is 1. The van der Waals surface area contributed by atoms with E-state index in [9.17, 15) is 9.18 Å². The van der Waals surface area contributed by atoms with Crippen molar-refractivity contribution in [3.05, 3.63) is 71.7 Å². The first-order valence-electron chi connectivity index (χ1n) is 12.2. The Balaban J connectivity index is 0.00000144. The van der Waals surface area contributed by atoms with Crippen LogP contribution in [0.5, 0.6) is 11.5 Å². The van der Waals surface area contributed by atoms with E-state index in [1.54, 1.807) is 43.4 Å². The van der Waals surface area contributed by atoms with E-state index in [2.05, 4.69) is 20.7 Å². The SMILES string of the molecule is CC(=O)O.COc1cc(OCCF)c(F)c(C(Nc2ccc(C(=N)N)cc2)/C(=N/N(C)c2ncccc2N)NC=O)c1. The van der Waals surface area contributed by atoms with Crippen LogP contribution < -0.4 is 36.6 Å². The highest BCUT2D eigenvalue weighted by Gasteiger charge is 2.27. The lowest BCUT2D eigenvalue weighted by atomic mass is 10.0. The molecule has 1 heterocycles. The molecule has 3 aromatic rings. The maximum atomic E-state index is 15.8. The number of benzene rings is 2. The van der Waals surface area contributed by atoms with Gasteiger partial charge in [0.15, 0.2) is 23.2 Å². The van der Waals surface area contributed by atoms with Gasteiger partial charge >= 0.3 is 0 Å². The number of hydrogen-bond acceptors (Lipinski definition) is 10. The number of nitrogen functional groups attached to an aromatic ring is 2. The van der Waals surface area contributed by atoms with Gasteiger partial charge in [0.2, 0.25) is 6.41 Å². The summed E-state index contributed by atoms with van der Waals surface area (Å²) in [5.41, 5.74) is 12.8. The number of carbonyl (C=O) groups is 2. The fourth-order valence-electron chi connectivity index (χ4n) is 3.50. The molecule has 15 heteroatoms. The van der Waals surface area contributed by atoms with E-state index in [-0.39, 0.29) is 35.3 Å². The minimum Gasteiger partial charge on any atom is -0.497 e. The van der Waals surface area contributed by atoms with Crippen molar-refractivity contribution in [1.29, 1.82) is 5.41 Å². The molecular formula is C27H32F2N8O5. The van der Waals surface area contributed by atoms with Crippen LogP contribution in [0, 0.1) is 11.2 Å². The average Bonchev–Trinajstić information content (AvgIpc) is 2.95. The summed E-state index contributed by atoms with van der Waals surface area (Å²) in [5.74, 6) is -1.55. The van der Waals surface area contributed by atoms with Crippen molar-refractivity contribution < 1.29 is 33.0 Å². The summed E-state index contributed by atoms with van der Waals surface area (Å²) in [7, 11) is 2.94. The number of amides is 1. The van der Waals surface area contributed by atoms with Gasteiger partial charge in [0.05, 0.1) is 12.8 Å². The molecule has 1 amide bonds. The standard InChI is InChI=1S/C25H28F2N8O3.C2H4O2/c1-35(25-19(28)4-3-10-31-25)34-24(32-14-36)22(33-16-7-5-15(6-8-16)23(29)30)18-12-17(37-2)13-20(21(18)27)38-11-9-26;1-2(3)4/h3-8,10,12-14,22,33H,9,11,28H2,1-2H3,(H3,29,30)(H,32,34,36);1H3,(H,3,4). The second kappa shape index (κ2) is 16.0. The summed E-state index contributed by atoms with van der Waals surface area (Å²) in [6.07, 6.45) is 1.91. The molecule has 13 nitrogen and oxygen atoms in total. The number of hydrogen-bond donors (Lipinski definition) is 6. The van der Waals surface area contributed by atoms with Gasteiger partial charge < -0.3 is 36.7 Å². The van der Waals surface area contributed by atoms with E-state index in [0.717, 1.165) is 6.92 Å². The average molecular weight is 587 g/mol. The van der Waals surface area contributed by atoms with Crippen LogP contribution in [-0.2, 0) is 9.59 Å². The number of amidine groups is 2. The van der Waals surface area contributed by atoms with E-state index in [1.807, 2.05) is 0 Å². The zero-order valence-electron chi connectivity index (χ0n) is 23.1. The molecule has 0 bridgehead atoms. The van der Waals surface area contributed by atoms with E-state index >= 15 is 4.39 Å². The number of carboxylic acids is 1. The number of ether oxygens (including phenoxy) is 2.